The highest BCUT2D eigenvalue weighted by Crippen LogP contribution is 2.23. The second-order valence-electron chi connectivity index (χ2n) is 6.64. The van der Waals surface area contributed by atoms with E-state index in [1.54, 1.807) is 18.2 Å². The van der Waals surface area contributed by atoms with Crippen molar-refractivity contribution in [2.24, 2.45) is 0 Å². The second kappa shape index (κ2) is 7.18. The van der Waals surface area contributed by atoms with Gasteiger partial charge in [0.25, 0.3) is 0 Å². The molecule has 0 atom stereocenters. The summed E-state index contributed by atoms with van der Waals surface area (Å²) in [5.41, 5.74) is 1.93. The van der Waals surface area contributed by atoms with E-state index >= 15 is 0 Å². The maximum atomic E-state index is 12.9. The Labute approximate surface area is 163 Å². The van der Waals surface area contributed by atoms with Gasteiger partial charge in [-0.2, -0.15) is 4.31 Å². The third kappa shape index (κ3) is 3.54. The number of rotatable bonds is 5. The first-order valence-electron chi connectivity index (χ1n) is 8.78. The lowest BCUT2D eigenvalue weighted by molar-refractivity contribution is 0.400. The van der Waals surface area contributed by atoms with E-state index in [9.17, 15) is 8.42 Å². The molecular weight excluding hydrogens is 374 g/mol. The lowest BCUT2D eigenvalue weighted by atomic mass is 10.1. The van der Waals surface area contributed by atoms with Gasteiger partial charge in [0.05, 0.1) is 11.4 Å². The van der Waals surface area contributed by atoms with Gasteiger partial charge in [-0.3, -0.25) is 0 Å². The van der Waals surface area contributed by atoms with Crippen LogP contribution in [0.2, 0.25) is 0 Å². The molecule has 1 heterocycles. The van der Waals surface area contributed by atoms with Gasteiger partial charge in [-0.25, -0.2) is 8.42 Å². The van der Waals surface area contributed by atoms with Crippen molar-refractivity contribution in [1.29, 1.82) is 0 Å². The van der Waals surface area contributed by atoms with Gasteiger partial charge in [-0.15, -0.1) is 10.2 Å². The van der Waals surface area contributed by atoms with E-state index in [-0.39, 0.29) is 17.3 Å². The van der Waals surface area contributed by atoms with Crippen LogP contribution in [-0.4, -0.2) is 30.0 Å². The molecule has 6 nitrogen and oxygen atoms in total. The summed E-state index contributed by atoms with van der Waals surface area (Å²) in [6.45, 7) is 1.99. The zero-order valence-corrected chi connectivity index (χ0v) is 16.3. The minimum atomic E-state index is -3.68. The highest BCUT2D eigenvalue weighted by Gasteiger charge is 2.23. The molecule has 0 spiro atoms. The number of hydrogen-bond donors (Lipinski definition) is 0. The highest BCUT2D eigenvalue weighted by molar-refractivity contribution is 7.89. The van der Waals surface area contributed by atoms with Crippen molar-refractivity contribution >= 4 is 20.8 Å². The van der Waals surface area contributed by atoms with Crippen LogP contribution >= 0.6 is 0 Å². The Hall–Kier alpha value is -3.03. The second-order valence-corrected chi connectivity index (χ2v) is 8.68. The topological polar surface area (TPSA) is 76.3 Å². The van der Waals surface area contributed by atoms with Crippen molar-refractivity contribution in [3.8, 4) is 11.5 Å². The Morgan fingerprint density at radius 1 is 0.929 bits per heavy atom. The van der Waals surface area contributed by atoms with Crippen LogP contribution in [0.1, 0.15) is 11.5 Å². The number of hydrogen-bond acceptors (Lipinski definition) is 5. The molecule has 142 valence electrons. The van der Waals surface area contributed by atoms with E-state index in [1.807, 2.05) is 55.5 Å². The largest absolute Gasteiger partial charge is 0.419 e. The van der Waals surface area contributed by atoms with Crippen LogP contribution in [0.25, 0.3) is 22.2 Å². The van der Waals surface area contributed by atoms with Gasteiger partial charge >= 0.3 is 0 Å². The number of aromatic nitrogens is 2. The first kappa shape index (κ1) is 18.3. The smallest absolute Gasteiger partial charge is 0.247 e. The van der Waals surface area contributed by atoms with Crippen LogP contribution in [0.15, 0.2) is 76.0 Å². The van der Waals surface area contributed by atoms with Crippen LogP contribution < -0.4 is 0 Å². The predicted molar refractivity (Wildman–Crippen MR) is 107 cm³/mol. The van der Waals surface area contributed by atoms with Gasteiger partial charge in [0.2, 0.25) is 21.8 Å². The van der Waals surface area contributed by atoms with Crippen molar-refractivity contribution < 1.29 is 12.8 Å². The Bertz CT molecular complexity index is 1230. The summed E-state index contributed by atoms with van der Waals surface area (Å²) in [7, 11) is -2.18. The fourth-order valence-electron chi connectivity index (χ4n) is 2.91. The average molecular weight is 393 g/mol. The SMILES string of the molecule is Cc1ccc(-c2nnc(CN(C)S(=O)(=O)c3ccc4ccccc4c3)o2)cc1. The Balaban J connectivity index is 1.56. The first-order valence-corrected chi connectivity index (χ1v) is 10.2. The monoisotopic (exact) mass is 393 g/mol. The molecule has 3 aromatic carbocycles. The van der Waals surface area contributed by atoms with Crippen LogP contribution in [0.5, 0.6) is 0 Å². The van der Waals surface area contributed by atoms with E-state index in [0.29, 0.717) is 5.89 Å². The van der Waals surface area contributed by atoms with Gasteiger partial charge in [-0.05, 0) is 42.0 Å². The van der Waals surface area contributed by atoms with Gasteiger partial charge in [0, 0.05) is 12.6 Å². The summed E-state index contributed by atoms with van der Waals surface area (Å²) in [5.74, 6) is 0.606. The predicted octanol–water partition coefficient (Wildman–Crippen LogP) is 4.02. The Kier molecular flexibility index (Phi) is 4.70. The summed E-state index contributed by atoms with van der Waals surface area (Å²) >= 11 is 0. The van der Waals surface area contributed by atoms with Crippen molar-refractivity contribution in [2.45, 2.75) is 18.4 Å². The lowest BCUT2D eigenvalue weighted by Gasteiger charge is -2.15. The molecule has 0 N–H and O–H groups in total. The molecule has 1 aromatic heterocycles. The fourth-order valence-corrected chi connectivity index (χ4v) is 4.07. The molecule has 4 aromatic rings. The minimum absolute atomic E-state index is 0.00593. The number of fused-ring (bicyclic) bond motifs is 1. The Morgan fingerprint density at radius 2 is 1.64 bits per heavy atom. The van der Waals surface area contributed by atoms with Gasteiger partial charge in [0.1, 0.15) is 0 Å². The van der Waals surface area contributed by atoms with Crippen molar-refractivity contribution in [3.63, 3.8) is 0 Å². The summed E-state index contributed by atoms with van der Waals surface area (Å²) in [6, 6.07) is 20.4. The van der Waals surface area contributed by atoms with Gasteiger partial charge in [-0.1, -0.05) is 48.0 Å². The summed E-state index contributed by atoms with van der Waals surface area (Å²) in [5, 5.41) is 9.88. The zero-order chi connectivity index (χ0) is 19.7. The maximum Gasteiger partial charge on any atom is 0.247 e. The van der Waals surface area contributed by atoms with E-state index in [1.165, 1.54) is 11.4 Å². The molecule has 4 rings (SSSR count). The number of nitrogens with zero attached hydrogens (tertiary/aromatic N) is 3. The fraction of sp³-hybridized carbons (Fsp3) is 0.143. The van der Waals surface area contributed by atoms with E-state index in [0.717, 1.165) is 21.9 Å². The molecule has 0 radical (unpaired) electrons. The molecule has 0 saturated carbocycles. The third-order valence-corrected chi connectivity index (χ3v) is 6.35. The van der Waals surface area contributed by atoms with Gasteiger partial charge < -0.3 is 4.42 Å². The van der Waals surface area contributed by atoms with Crippen LogP contribution in [0.4, 0.5) is 0 Å². The number of aryl methyl sites for hydroxylation is 1. The molecule has 0 aliphatic heterocycles. The standard InChI is InChI=1S/C21H19N3O3S/c1-15-7-9-17(10-8-15)21-23-22-20(27-21)14-24(2)28(25,26)19-12-11-16-5-3-4-6-18(16)13-19/h3-13H,14H2,1-2H3. The molecular formula is C21H19N3O3S. The lowest BCUT2D eigenvalue weighted by Crippen LogP contribution is -2.26. The summed E-state index contributed by atoms with van der Waals surface area (Å²) in [4.78, 5) is 0.229. The average Bonchev–Trinajstić information content (AvgIpc) is 3.16. The van der Waals surface area contributed by atoms with E-state index in [2.05, 4.69) is 10.2 Å². The van der Waals surface area contributed by atoms with E-state index in [4.69, 9.17) is 4.42 Å². The first-order chi connectivity index (χ1) is 13.4. The third-order valence-electron chi connectivity index (χ3n) is 4.55. The van der Waals surface area contributed by atoms with Crippen molar-refractivity contribution in [3.05, 3.63) is 78.2 Å². The Morgan fingerprint density at radius 3 is 2.39 bits per heavy atom. The van der Waals surface area contributed by atoms with E-state index < -0.39 is 10.0 Å². The maximum absolute atomic E-state index is 12.9. The summed E-state index contributed by atoms with van der Waals surface area (Å²) in [6.07, 6.45) is 0. The van der Waals surface area contributed by atoms with Crippen LogP contribution in [-0.2, 0) is 16.6 Å². The molecule has 0 saturated heterocycles. The summed E-state index contributed by atoms with van der Waals surface area (Å²) < 4.78 is 32.7. The zero-order valence-electron chi connectivity index (χ0n) is 15.5. The minimum Gasteiger partial charge on any atom is -0.419 e. The number of benzene rings is 3. The normalized spacial score (nSPS) is 12.0. The molecule has 28 heavy (non-hydrogen) atoms. The van der Waals surface area contributed by atoms with Gasteiger partial charge in [0.15, 0.2) is 0 Å². The molecule has 0 aliphatic rings. The highest BCUT2D eigenvalue weighted by atomic mass is 32.2. The molecule has 0 fully saturated rings. The van der Waals surface area contributed by atoms with Crippen LogP contribution in [0, 0.1) is 6.92 Å². The molecule has 0 unspecified atom stereocenters. The molecule has 0 amide bonds. The number of sulfonamides is 1. The quantitative estimate of drug-likeness (QED) is 0.512. The molecule has 0 bridgehead atoms. The van der Waals surface area contributed by atoms with Crippen molar-refractivity contribution in [1.82, 2.24) is 14.5 Å². The molecule has 0 aliphatic carbocycles. The van der Waals surface area contributed by atoms with Crippen LogP contribution in [0.3, 0.4) is 0 Å². The molecule has 7 heteroatoms. The van der Waals surface area contributed by atoms with Crippen molar-refractivity contribution in [2.75, 3.05) is 7.05 Å².